The van der Waals surface area contributed by atoms with Gasteiger partial charge in [0, 0.05) is 31.0 Å². The highest BCUT2D eigenvalue weighted by atomic mass is 16.5. The molecule has 2 aliphatic rings. The van der Waals surface area contributed by atoms with Crippen LogP contribution in [0.3, 0.4) is 0 Å². The molecule has 5 N–H and O–H groups in total. The minimum atomic E-state index is -0.550. The van der Waals surface area contributed by atoms with Crippen LogP contribution in [0.25, 0.3) is 0 Å². The smallest absolute Gasteiger partial charge is 0.254 e. The highest BCUT2D eigenvalue weighted by molar-refractivity contribution is 5.97. The zero-order valence-corrected chi connectivity index (χ0v) is 14.6. The second-order valence-corrected chi connectivity index (χ2v) is 7.27. The van der Waals surface area contributed by atoms with Crippen LogP contribution < -0.4 is 16.4 Å². The normalized spacial score (nSPS) is 26.0. The molecule has 1 aliphatic carbocycles. The number of nitrogens with one attached hydrogen (secondary N) is 2. The first-order valence-electron chi connectivity index (χ1n) is 8.92. The van der Waals surface area contributed by atoms with Crippen LogP contribution in [-0.4, -0.2) is 51.9 Å². The maximum absolute atomic E-state index is 11.7. The molecule has 0 atom stereocenters. The van der Waals surface area contributed by atoms with Gasteiger partial charge in [0.2, 0.25) is 5.95 Å². The molecule has 8 heteroatoms. The molecule has 0 aromatic carbocycles. The Morgan fingerprint density at radius 2 is 2.00 bits per heavy atom. The molecule has 1 aromatic heterocycles. The minimum Gasteiger partial charge on any atom is -0.393 e. The number of hydrogen-bond acceptors (Lipinski definition) is 7. The highest BCUT2D eigenvalue weighted by Crippen LogP contribution is 2.27. The molecule has 0 unspecified atom stereocenters. The van der Waals surface area contributed by atoms with Crippen LogP contribution in [0.1, 0.15) is 55.8 Å². The molecule has 1 aromatic rings. The minimum absolute atomic E-state index is 0.191. The van der Waals surface area contributed by atoms with Gasteiger partial charge >= 0.3 is 0 Å². The molecule has 8 nitrogen and oxygen atoms in total. The summed E-state index contributed by atoms with van der Waals surface area (Å²) in [5.41, 5.74) is 5.58. The molecule has 3 rings (SSSR count). The van der Waals surface area contributed by atoms with Crippen molar-refractivity contribution < 1.29 is 14.6 Å². The Morgan fingerprint density at radius 1 is 1.32 bits per heavy atom. The number of aliphatic hydroxyl groups excluding tert-OH is 1. The van der Waals surface area contributed by atoms with Gasteiger partial charge in [-0.3, -0.25) is 4.79 Å². The summed E-state index contributed by atoms with van der Waals surface area (Å²) in [4.78, 5) is 20.5. The lowest BCUT2D eigenvalue weighted by atomic mass is 9.92. The van der Waals surface area contributed by atoms with Crippen molar-refractivity contribution in [1.82, 2.24) is 9.97 Å². The van der Waals surface area contributed by atoms with Crippen molar-refractivity contribution in [1.29, 1.82) is 0 Å². The Balaban J connectivity index is 1.76. The van der Waals surface area contributed by atoms with Crippen molar-refractivity contribution >= 4 is 17.7 Å². The molecule has 1 aliphatic heterocycles. The third kappa shape index (κ3) is 4.58. The van der Waals surface area contributed by atoms with E-state index in [2.05, 4.69) is 27.5 Å². The van der Waals surface area contributed by atoms with Crippen LogP contribution in [0.4, 0.5) is 11.8 Å². The maximum Gasteiger partial charge on any atom is 0.254 e. The second-order valence-electron chi connectivity index (χ2n) is 7.27. The molecule has 1 saturated heterocycles. The Hall–Kier alpha value is -1.93. The molecule has 0 bridgehead atoms. The topological polar surface area (TPSA) is 122 Å². The lowest BCUT2D eigenvalue weighted by Crippen LogP contribution is -2.41. The van der Waals surface area contributed by atoms with Gasteiger partial charge in [0.1, 0.15) is 5.82 Å². The van der Waals surface area contributed by atoms with Crippen LogP contribution in [0.15, 0.2) is 6.20 Å². The van der Waals surface area contributed by atoms with E-state index in [4.69, 9.17) is 10.5 Å². The number of rotatable bonds is 5. The van der Waals surface area contributed by atoms with Gasteiger partial charge in [-0.25, -0.2) is 4.98 Å². The molecular formula is C17H27N5O3. The predicted octanol–water partition coefficient (Wildman–Crippen LogP) is 1.27. The van der Waals surface area contributed by atoms with Gasteiger partial charge in [-0.15, -0.1) is 0 Å². The molecule has 2 fully saturated rings. The molecule has 138 valence electrons. The maximum atomic E-state index is 11.7. The molecular weight excluding hydrogens is 322 g/mol. The second kappa shape index (κ2) is 7.53. The number of amides is 1. The number of nitrogens with two attached hydrogens (primary N) is 1. The summed E-state index contributed by atoms with van der Waals surface area (Å²) in [5, 5.41) is 16.3. The SMILES string of the molecule is CC1(Nc2nc(NC3CCC(O)CC3)ncc2C(N)=O)CCOCC1. The fraction of sp³-hybridized carbons (Fsp3) is 0.706. The Morgan fingerprint density at radius 3 is 2.64 bits per heavy atom. The van der Waals surface area contributed by atoms with E-state index in [1.807, 2.05) is 0 Å². The molecule has 0 radical (unpaired) electrons. The monoisotopic (exact) mass is 349 g/mol. The van der Waals surface area contributed by atoms with E-state index in [9.17, 15) is 9.90 Å². The van der Waals surface area contributed by atoms with Crippen LogP contribution in [0.5, 0.6) is 0 Å². The lowest BCUT2D eigenvalue weighted by Gasteiger charge is -2.35. The number of hydrogen-bond donors (Lipinski definition) is 4. The van der Waals surface area contributed by atoms with Crippen LogP contribution in [-0.2, 0) is 4.74 Å². The zero-order valence-electron chi connectivity index (χ0n) is 14.6. The number of carbonyl (C=O) groups is 1. The third-order valence-corrected chi connectivity index (χ3v) is 5.10. The first-order valence-corrected chi connectivity index (χ1v) is 8.92. The van der Waals surface area contributed by atoms with Gasteiger partial charge in [0.05, 0.1) is 11.7 Å². The number of carbonyl (C=O) groups excluding carboxylic acids is 1. The summed E-state index contributed by atoms with van der Waals surface area (Å²) in [6.07, 6.45) is 6.24. The first-order chi connectivity index (χ1) is 12.0. The van der Waals surface area contributed by atoms with Crippen molar-refractivity contribution in [3.05, 3.63) is 11.8 Å². The largest absolute Gasteiger partial charge is 0.393 e. The van der Waals surface area contributed by atoms with Crippen molar-refractivity contribution in [2.75, 3.05) is 23.8 Å². The van der Waals surface area contributed by atoms with E-state index in [1.165, 1.54) is 6.20 Å². The Labute approximate surface area is 147 Å². The number of primary amides is 1. The highest BCUT2D eigenvalue weighted by Gasteiger charge is 2.29. The Bertz CT molecular complexity index is 610. The summed E-state index contributed by atoms with van der Waals surface area (Å²) in [5.74, 6) is 0.389. The molecule has 1 amide bonds. The summed E-state index contributed by atoms with van der Waals surface area (Å²) < 4.78 is 5.42. The van der Waals surface area contributed by atoms with Gasteiger partial charge in [0.15, 0.2) is 0 Å². The standard InChI is InChI=1S/C17H27N5O3/c1-17(6-8-25-9-7-17)22-15-13(14(18)24)10-19-16(21-15)20-11-2-4-12(23)5-3-11/h10-12,23H,2-9H2,1H3,(H2,18,24)(H2,19,20,21,22). The summed E-state index contributed by atoms with van der Waals surface area (Å²) in [6, 6.07) is 0.231. The van der Waals surface area contributed by atoms with Gasteiger partial charge < -0.3 is 26.2 Å². The van der Waals surface area contributed by atoms with Crippen LogP contribution in [0.2, 0.25) is 0 Å². The van der Waals surface area contributed by atoms with Crippen molar-refractivity contribution in [3.63, 3.8) is 0 Å². The number of aliphatic hydroxyl groups is 1. The number of aromatic nitrogens is 2. The van der Waals surface area contributed by atoms with E-state index in [1.54, 1.807) is 0 Å². The fourth-order valence-electron chi connectivity index (χ4n) is 3.36. The molecule has 1 saturated carbocycles. The predicted molar refractivity (Wildman–Crippen MR) is 94.5 cm³/mol. The number of anilines is 2. The van der Waals surface area contributed by atoms with Gasteiger partial charge in [0.25, 0.3) is 5.91 Å². The average Bonchev–Trinajstić information content (AvgIpc) is 2.57. The number of ether oxygens (including phenoxy) is 1. The van der Waals surface area contributed by atoms with Crippen molar-refractivity contribution in [3.8, 4) is 0 Å². The van der Waals surface area contributed by atoms with E-state index in [-0.39, 0.29) is 23.2 Å². The van der Waals surface area contributed by atoms with Gasteiger partial charge in [-0.1, -0.05) is 0 Å². The van der Waals surface area contributed by atoms with Gasteiger partial charge in [-0.2, -0.15) is 4.98 Å². The quantitative estimate of drug-likeness (QED) is 0.631. The van der Waals surface area contributed by atoms with E-state index < -0.39 is 5.91 Å². The average molecular weight is 349 g/mol. The fourth-order valence-corrected chi connectivity index (χ4v) is 3.36. The lowest BCUT2D eigenvalue weighted by molar-refractivity contribution is 0.0657. The van der Waals surface area contributed by atoms with Crippen molar-refractivity contribution in [2.24, 2.45) is 5.73 Å². The molecule has 0 spiro atoms. The van der Waals surface area contributed by atoms with Crippen LogP contribution in [0, 0.1) is 0 Å². The molecule has 25 heavy (non-hydrogen) atoms. The summed E-state index contributed by atoms with van der Waals surface area (Å²) in [6.45, 7) is 3.45. The third-order valence-electron chi connectivity index (χ3n) is 5.10. The number of nitrogens with zero attached hydrogens (tertiary/aromatic N) is 2. The summed E-state index contributed by atoms with van der Waals surface area (Å²) in [7, 11) is 0. The molecule has 2 heterocycles. The zero-order chi connectivity index (χ0) is 17.9. The van der Waals surface area contributed by atoms with E-state index >= 15 is 0 Å². The van der Waals surface area contributed by atoms with Crippen molar-refractivity contribution in [2.45, 2.75) is 63.1 Å². The van der Waals surface area contributed by atoms with Gasteiger partial charge in [-0.05, 0) is 45.4 Å². The van der Waals surface area contributed by atoms with E-state index in [0.29, 0.717) is 25.0 Å². The van der Waals surface area contributed by atoms with Crippen LogP contribution >= 0.6 is 0 Å². The summed E-state index contributed by atoms with van der Waals surface area (Å²) >= 11 is 0. The van der Waals surface area contributed by atoms with E-state index in [0.717, 1.165) is 38.5 Å². The first kappa shape index (κ1) is 17.9. The Kier molecular flexibility index (Phi) is 5.39.